The fourth-order valence-electron chi connectivity index (χ4n) is 4.42. The third-order valence-corrected chi connectivity index (χ3v) is 6.51. The average Bonchev–Trinajstić information content (AvgIpc) is 2.76. The van der Waals surface area contributed by atoms with Gasteiger partial charge in [-0.3, -0.25) is 0 Å². The van der Waals surface area contributed by atoms with Crippen LogP contribution in [-0.2, 0) is 4.74 Å². The molecule has 1 N–H and O–H groups in total. The molecule has 0 aliphatic carbocycles. The first-order valence-electron chi connectivity index (χ1n) is 14.0. The normalized spacial score (nSPS) is 11.4. The third-order valence-electron chi connectivity index (χ3n) is 6.51. The molecule has 0 saturated heterocycles. The number of aliphatic hydroxyl groups excluding tert-OH is 1. The van der Waals surface area contributed by atoms with Crippen LogP contribution in [0, 0.1) is 0 Å². The van der Waals surface area contributed by atoms with Crippen LogP contribution in [0.1, 0.15) is 161 Å². The summed E-state index contributed by atoms with van der Waals surface area (Å²) in [4.78, 5) is 0. The minimum atomic E-state index is 0.372. The third kappa shape index (κ3) is 27.9. The van der Waals surface area contributed by atoms with Gasteiger partial charge in [-0.2, -0.15) is 0 Å². The molecule has 0 fully saturated rings. The Labute approximate surface area is 191 Å². The van der Waals surface area contributed by atoms with Crippen molar-refractivity contribution in [2.24, 2.45) is 0 Å². The molecule has 0 heterocycles. The molecule has 0 saturated carbocycles. The molecule has 0 atom stereocenters. The van der Waals surface area contributed by atoms with Gasteiger partial charge in [-0.25, -0.2) is 0 Å². The molecule has 0 aromatic heterocycles. The molecule has 0 amide bonds. The van der Waals surface area contributed by atoms with E-state index in [-0.39, 0.29) is 0 Å². The van der Waals surface area contributed by atoms with E-state index in [4.69, 9.17) is 9.84 Å². The quantitative estimate of drug-likeness (QED) is 0.133. The summed E-state index contributed by atoms with van der Waals surface area (Å²) in [6, 6.07) is 0. The molecule has 0 aliphatic heterocycles. The molecule has 0 spiro atoms. The van der Waals surface area contributed by atoms with Crippen LogP contribution >= 0.6 is 0 Å². The smallest absolute Gasteiger partial charge is 0.0462 e. The number of methoxy groups -OCH3 is 1. The summed E-state index contributed by atoms with van der Waals surface area (Å²) in [5.41, 5.74) is 0. The van der Waals surface area contributed by atoms with Gasteiger partial charge in [0.05, 0.1) is 0 Å². The maximum absolute atomic E-state index is 8.75. The van der Waals surface area contributed by atoms with Gasteiger partial charge < -0.3 is 9.84 Å². The van der Waals surface area contributed by atoms with Crippen molar-refractivity contribution in [3.8, 4) is 0 Å². The van der Waals surface area contributed by atoms with E-state index in [1.165, 1.54) is 154 Å². The minimum absolute atomic E-state index is 0.372. The molecule has 0 bridgehead atoms. The van der Waals surface area contributed by atoms with Gasteiger partial charge in [0.2, 0.25) is 0 Å². The Morgan fingerprint density at radius 2 is 0.533 bits per heavy atom. The zero-order valence-electron chi connectivity index (χ0n) is 20.9. The predicted molar refractivity (Wildman–Crippen MR) is 134 cm³/mol. The first-order valence-corrected chi connectivity index (χ1v) is 14.0. The number of rotatable bonds is 27. The molecule has 0 aliphatic rings. The highest BCUT2D eigenvalue weighted by molar-refractivity contribution is 4.51. The van der Waals surface area contributed by atoms with E-state index in [2.05, 4.69) is 0 Å². The average molecular weight is 427 g/mol. The number of hydrogen-bond acceptors (Lipinski definition) is 2. The van der Waals surface area contributed by atoms with E-state index >= 15 is 0 Å². The standard InChI is InChI=1S/C28H58O2/c1-30-28-26-24-22-20-18-16-14-12-10-8-6-4-2-3-5-7-9-11-13-15-17-19-21-23-25-27-29/h29H,2-28H2,1H3. The molecule has 0 aromatic rings. The summed E-state index contributed by atoms with van der Waals surface area (Å²) >= 11 is 0. The first kappa shape index (κ1) is 29.9. The van der Waals surface area contributed by atoms with Gasteiger partial charge >= 0.3 is 0 Å². The zero-order chi connectivity index (χ0) is 21.8. The molecule has 0 rings (SSSR count). The predicted octanol–water partition coefficient (Wildman–Crippen LogP) is 9.38. The highest BCUT2D eigenvalue weighted by atomic mass is 16.5. The van der Waals surface area contributed by atoms with Gasteiger partial charge in [-0.1, -0.05) is 148 Å². The number of unbranched alkanes of at least 4 members (excludes halogenated alkanes) is 24. The van der Waals surface area contributed by atoms with Crippen molar-refractivity contribution < 1.29 is 9.84 Å². The van der Waals surface area contributed by atoms with Gasteiger partial charge in [0.25, 0.3) is 0 Å². The lowest BCUT2D eigenvalue weighted by molar-refractivity contribution is 0.192. The highest BCUT2D eigenvalue weighted by Gasteiger charge is 1.96. The van der Waals surface area contributed by atoms with Crippen LogP contribution < -0.4 is 0 Å². The molecule has 2 nitrogen and oxygen atoms in total. The van der Waals surface area contributed by atoms with Crippen LogP contribution in [-0.4, -0.2) is 25.4 Å². The Bertz CT molecular complexity index is 252. The van der Waals surface area contributed by atoms with Crippen molar-refractivity contribution >= 4 is 0 Å². The molecular formula is C28H58O2. The largest absolute Gasteiger partial charge is 0.396 e. The summed E-state index contributed by atoms with van der Waals surface area (Å²) in [5, 5.41) is 8.75. The van der Waals surface area contributed by atoms with Crippen LogP contribution in [0.15, 0.2) is 0 Å². The lowest BCUT2D eigenvalue weighted by atomic mass is 10.0. The molecule has 0 unspecified atom stereocenters. The minimum Gasteiger partial charge on any atom is -0.396 e. The molecular weight excluding hydrogens is 368 g/mol. The van der Waals surface area contributed by atoms with E-state index in [9.17, 15) is 0 Å². The maximum atomic E-state index is 8.75. The second-order valence-electron chi connectivity index (χ2n) is 9.56. The Morgan fingerprint density at radius 1 is 0.333 bits per heavy atom. The Kier molecular flexibility index (Phi) is 28.8. The van der Waals surface area contributed by atoms with E-state index in [1.54, 1.807) is 7.11 Å². The van der Waals surface area contributed by atoms with Gasteiger partial charge in [0.15, 0.2) is 0 Å². The van der Waals surface area contributed by atoms with E-state index in [0.29, 0.717) is 6.61 Å². The summed E-state index contributed by atoms with van der Waals surface area (Å²) in [6.07, 6.45) is 35.0. The first-order chi connectivity index (χ1) is 14.9. The van der Waals surface area contributed by atoms with E-state index < -0.39 is 0 Å². The molecule has 182 valence electrons. The second kappa shape index (κ2) is 28.9. The maximum Gasteiger partial charge on any atom is 0.0462 e. The Morgan fingerprint density at radius 3 is 0.733 bits per heavy atom. The number of hydrogen-bond donors (Lipinski definition) is 1. The molecule has 0 radical (unpaired) electrons. The summed E-state index contributed by atoms with van der Waals surface area (Å²) < 4.78 is 5.09. The van der Waals surface area contributed by atoms with Crippen LogP contribution in [0.4, 0.5) is 0 Å². The van der Waals surface area contributed by atoms with Crippen LogP contribution in [0.25, 0.3) is 0 Å². The fraction of sp³-hybridized carbons (Fsp3) is 1.00. The van der Waals surface area contributed by atoms with Crippen molar-refractivity contribution in [1.82, 2.24) is 0 Å². The van der Waals surface area contributed by atoms with Gasteiger partial charge in [-0.15, -0.1) is 0 Å². The number of aliphatic hydroxyl groups is 1. The topological polar surface area (TPSA) is 29.5 Å². The van der Waals surface area contributed by atoms with Crippen molar-refractivity contribution in [1.29, 1.82) is 0 Å². The van der Waals surface area contributed by atoms with Gasteiger partial charge in [0.1, 0.15) is 0 Å². The van der Waals surface area contributed by atoms with Crippen LogP contribution in [0.2, 0.25) is 0 Å². The summed E-state index contributed by atoms with van der Waals surface area (Å²) in [6.45, 7) is 1.31. The molecule has 0 aromatic carbocycles. The second-order valence-corrected chi connectivity index (χ2v) is 9.56. The summed E-state index contributed by atoms with van der Waals surface area (Å²) in [7, 11) is 1.80. The number of ether oxygens (including phenoxy) is 1. The molecule has 30 heavy (non-hydrogen) atoms. The van der Waals surface area contributed by atoms with Crippen molar-refractivity contribution in [2.45, 2.75) is 161 Å². The lowest BCUT2D eigenvalue weighted by Gasteiger charge is -2.04. The zero-order valence-corrected chi connectivity index (χ0v) is 20.9. The monoisotopic (exact) mass is 426 g/mol. The van der Waals surface area contributed by atoms with Gasteiger partial charge in [0, 0.05) is 20.3 Å². The molecule has 2 heteroatoms. The Balaban J connectivity index is 2.97. The highest BCUT2D eigenvalue weighted by Crippen LogP contribution is 2.15. The van der Waals surface area contributed by atoms with Crippen molar-refractivity contribution in [3.05, 3.63) is 0 Å². The van der Waals surface area contributed by atoms with Crippen molar-refractivity contribution in [3.63, 3.8) is 0 Å². The van der Waals surface area contributed by atoms with Crippen molar-refractivity contribution in [2.75, 3.05) is 20.3 Å². The SMILES string of the molecule is COCCCCCCCCCCCCCCCCCCCCCCCCCCCO. The Hall–Kier alpha value is -0.0800. The lowest BCUT2D eigenvalue weighted by Crippen LogP contribution is -1.88. The van der Waals surface area contributed by atoms with E-state index in [0.717, 1.165) is 13.0 Å². The van der Waals surface area contributed by atoms with Crippen LogP contribution in [0.3, 0.4) is 0 Å². The summed E-state index contributed by atoms with van der Waals surface area (Å²) in [5.74, 6) is 0. The van der Waals surface area contributed by atoms with E-state index in [1.807, 2.05) is 0 Å². The fourth-order valence-corrected chi connectivity index (χ4v) is 4.42. The van der Waals surface area contributed by atoms with Gasteiger partial charge in [-0.05, 0) is 12.8 Å². The van der Waals surface area contributed by atoms with Crippen LogP contribution in [0.5, 0.6) is 0 Å².